The van der Waals surface area contributed by atoms with E-state index in [0.29, 0.717) is 4.83 Å². The summed E-state index contributed by atoms with van der Waals surface area (Å²) in [5, 5.41) is 1.12. The fourth-order valence-corrected chi connectivity index (χ4v) is 3.54. The van der Waals surface area contributed by atoms with Crippen molar-refractivity contribution in [3.8, 4) is 0 Å². The summed E-state index contributed by atoms with van der Waals surface area (Å²) < 4.78 is 4.41. The van der Waals surface area contributed by atoms with Gasteiger partial charge in [-0.05, 0) is 25.2 Å². The number of halogens is 1. The summed E-state index contributed by atoms with van der Waals surface area (Å²) in [6.45, 7) is 6.68. The predicted molar refractivity (Wildman–Crippen MR) is 77.2 cm³/mol. The lowest BCUT2D eigenvalue weighted by Gasteiger charge is -2.32. The van der Waals surface area contributed by atoms with Gasteiger partial charge in [0.05, 0.1) is 0 Å². The summed E-state index contributed by atoms with van der Waals surface area (Å²) in [5.41, 5.74) is 0. The van der Waals surface area contributed by atoms with E-state index in [1.165, 1.54) is 12.8 Å². The second kappa shape index (κ2) is 6.14. The van der Waals surface area contributed by atoms with Crippen molar-refractivity contribution in [2.75, 3.05) is 18.0 Å². The Morgan fingerprint density at radius 3 is 2.76 bits per heavy atom. The summed E-state index contributed by atoms with van der Waals surface area (Å²) in [5.74, 6) is 1.83. The zero-order chi connectivity index (χ0) is 12.3. The highest BCUT2D eigenvalue weighted by atomic mass is 79.9. The molecule has 1 aromatic rings. The zero-order valence-electron chi connectivity index (χ0n) is 10.5. The summed E-state index contributed by atoms with van der Waals surface area (Å²) in [4.78, 5) is 7.64. The molecule has 0 aliphatic carbocycles. The van der Waals surface area contributed by atoms with E-state index in [4.69, 9.17) is 0 Å². The normalized spacial score (nSPS) is 19.6. The fraction of sp³-hybridized carbons (Fsp3) is 0.833. The minimum Gasteiger partial charge on any atom is -0.347 e. The number of anilines is 1. The van der Waals surface area contributed by atoms with Crippen LogP contribution in [0.2, 0.25) is 0 Å². The van der Waals surface area contributed by atoms with Gasteiger partial charge in [0, 0.05) is 35.9 Å². The Labute approximate surface area is 116 Å². The molecule has 0 spiro atoms. The number of alkyl halides is 1. The van der Waals surface area contributed by atoms with E-state index < -0.39 is 0 Å². The fourth-order valence-electron chi connectivity index (χ4n) is 2.25. The standard InChI is InChI=1S/C12H20BrN3S/c1-3-4-11-14-12(17-15-11)16-7-5-10(6-8-16)9(2)13/h9-10H,3-8H2,1-2H3. The van der Waals surface area contributed by atoms with E-state index in [9.17, 15) is 0 Å². The highest BCUT2D eigenvalue weighted by molar-refractivity contribution is 9.09. The van der Waals surface area contributed by atoms with Gasteiger partial charge in [0.2, 0.25) is 5.13 Å². The van der Waals surface area contributed by atoms with Gasteiger partial charge in [0.25, 0.3) is 0 Å². The molecule has 0 saturated carbocycles. The van der Waals surface area contributed by atoms with Crippen molar-refractivity contribution < 1.29 is 0 Å². The van der Waals surface area contributed by atoms with Crippen molar-refractivity contribution in [1.29, 1.82) is 0 Å². The number of rotatable bonds is 4. The molecule has 2 rings (SSSR count). The van der Waals surface area contributed by atoms with Gasteiger partial charge in [-0.2, -0.15) is 4.37 Å². The van der Waals surface area contributed by atoms with Crippen molar-refractivity contribution in [2.45, 2.75) is 44.4 Å². The quantitative estimate of drug-likeness (QED) is 0.796. The monoisotopic (exact) mass is 317 g/mol. The third-order valence-electron chi connectivity index (χ3n) is 3.39. The van der Waals surface area contributed by atoms with E-state index in [2.05, 4.69) is 44.0 Å². The molecule has 1 aromatic heterocycles. The average molecular weight is 318 g/mol. The van der Waals surface area contributed by atoms with Gasteiger partial charge in [0.15, 0.2) is 0 Å². The van der Waals surface area contributed by atoms with E-state index in [1.54, 1.807) is 11.5 Å². The number of hydrogen-bond acceptors (Lipinski definition) is 4. The van der Waals surface area contributed by atoms with Gasteiger partial charge >= 0.3 is 0 Å². The Morgan fingerprint density at radius 2 is 2.18 bits per heavy atom. The first-order valence-corrected chi connectivity index (χ1v) is 8.11. The van der Waals surface area contributed by atoms with Crippen LogP contribution in [0.3, 0.4) is 0 Å². The Balaban J connectivity index is 1.91. The summed E-state index contributed by atoms with van der Waals surface area (Å²) in [6.07, 6.45) is 4.65. The van der Waals surface area contributed by atoms with E-state index >= 15 is 0 Å². The third kappa shape index (κ3) is 3.41. The third-order valence-corrected chi connectivity index (χ3v) is 4.95. The largest absolute Gasteiger partial charge is 0.347 e. The molecule has 1 aliphatic rings. The molecule has 1 unspecified atom stereocenters. The van der Waals surface area contributed by atoms with Gasteiger partial charge in [0.1, 0.15) is 5.82 Å². The summed E-state index contributed by atoms with van der Waals surface area (Å²) in [6, 6.07) is 0. The highest BCUT2D eigenvalue weighted by Crippen LogP contribution is 2.28. The highest BCUT2D eigenvalue weighted by Gasteiger charge is 2.24. The van der Waals surface area contributed by atoms with E-state index in [-0.39, 0.29) is 0 Å². The first-order valence-electron chi connectivity index (χ1n) is 6.42. The van der Waals surface area contributed by atoms with Crippen LogP contribution >= 0.6 is 27.5 Å². The first-order chi connectivity index (χ1) is 8.20. The second-order valence-corrected chi connectivity index (χ2v) is 6.92. The van der Waals surface area contributed by atoms with Crippen LogP contribution < -0.4 is 4.90 Å². The number of hydrogen-bond donors (Lipinski definition) is 0. The topological polar surface area (TPSA) is 29.0 Å². The zero-order valence-corrected chi connectivity index (χ0v) is 12.9. The van der Waals surface area contributed by atoms with Crippen LogP contribution in [0.25, 0.3) is 0 Å². The molecule has 1 fully saturated rings. The van der Waals surface area contributed by atoms with Crippen LogP contribution in [0, 0.1) is 5.92 Å². The molecule has 2 heterocycles. The molecule has 1 aliphatic heterocycles. The number of aromatic nitrogens is 2. The van der Waals surface area contributed by atoms with Crippen molar-refractivity contribution in [3.05, 3.63) is 5.82 Å². The number of aryl methyl sites for hydroxylation is 1. The van der Waals surface area contributed by atoms with Gasteiger partial charge in [-0.15, -0.1) is 0 Å². The van der Waals surface area contributed by atoms with Crippen LogP contribution in [-0.2, 0) is 6.42 Å². The predicted octanol–water partition coefficient (Wildman–Crippen LogP) is 3.49. The van der Waals surface area contributed by atoms with Gasteiger partial charge in [-0.25, -0.2) is 4.98 Å². The molecular weight excluding hydrogens is 298 g/mol. The Bertz CT molecular complexity index is 345. The Morgan fingerprint density at radius 1 is 1.47 bits per heavy atom. The molecule has 96 valence electrons. The molecule has 3 nitrogen and oxygen atoms in total. The van der Waals surface area contributed by atoms with Crippen molar-refractivity contribution in [1.82, 2.24) is 9.36 Å². The maximum atomic E-state index is 4.62. The number of nitrogens with zero attached hydrogens (tertiary/aromatic N) is 3. The van der Waals surface area contributed by atoms with Crippen molar-refractivity contribution >= 4 is 32.6 Å². The van der Waals surface area contributed by atoms with Crippen molar-refractivity contribution in [3.63, 3.8) is 0 Å². The Hall–Kier alpha value is -0.160. The second-order valence-electron chi connectivity index (χ2n) is 4.75. The van der Waals surface area contributed by atoms with Crippen LogP contribution in [0.15, 0.2) is 0 Å². The SMILES string of the molecule is CCCc1nsc(N2CCC(C(C)Br)CC2)n1. The lowest BCUT2D eigenvalue weighted by molar-refractivity contribution is 0.407. The van der Waals surface area contributed by atoms with Crippen LogP contribution in [0.4, 0.5) is 5.13 Å². The molecule has 5 heteroatoms. The van der Waals surface area contributed by atoms with Gasteiger partial charge in [-0.1, -0.05) is 29.8 Å². The molecule has 1 saturated heterocycles. The van der Waals surface area contributed by atoms with E-state index in [1.807, 2.05) is 0 Å². The van der Waals surface area contributed by atoms with Gasteiger partial charge in [-0.3, -0.25) is 0 Å². The minimum atomic E-state index is 0.634. The summed E-state index contributed by atoms with van der Waals surface area (Å²) >= 11 is 5.25. The van der Waals surface area contributed by atoms with Crippen LogP contribution in [-0.4, -0.2) is 27.3 Å². The molecule has 17 heavy (non-hydrogen) atoms. The maximum absolute atomic E-state index is 4.62. The first kappa shape index (κ1) is 13.3. The van der Waals surface area contributed by atoms with Gasteiger partial charge < -0.3 is 4.90 Å². The van der Waals surface area contributed by atoms with Crippen molar-refractivity contribution in [2.24, 2.45) is 5.92 Å². The summed E-state index contributed by atoms with van der Waals surface area (Å²) in [7, 11) is 0. The lowest BCUT2D eigenvalue weighted by Crippen LogP contribution is -2.35. The van der Waals surface area contributed by atoms with E-state index in [0.717, 1.165) is 42.8 Å². The minimum absolute atomic E-state index is 0.634. The molecule has 0 radical (unpaired) electrons. The average Bonchev–Trinajstić information content (AvgIpc) is 2.78. The van der Waals surface area contributed by atoms with Crippen LogP contribution in [0.5, 0.6) is 0 Å². The molecule has 0 amide bonds. The lowest BCUT2D eigenvalue weighted by atomic mass is 9.95. The number of piperidine rings is 1. The van der Waals surface area contributed by atoms with Crippen LogP contribution in [0.1, 0.15) is 38.9 Å². The molecular formula is C12H20BrN3S. The Kier molecular flexibility index (Phi) is 4.79. The molecule has 0 N–H and O–H groups in total. The smallest absolute Gasteiger partial charge is 0.205 e. The molecule has 0 bridgehead atoms. The molecule has 1 atom stereocenters. The molecule has 0 aromatic carbocycles. The maximum Gasteiger partial charge on any atom is 0.205 e.